The molecule has 0 unspecified atom stereocenters. The van der Waals surface area contributed by atoms with Crippen molar-refractivity contribution in [2.24, 2.45) is 0 Å². The molecule has 2 rings (SSSR count). The first-order valence-corrected chi connectivity index (χ1v) is 8.03. The Labute approximate surface area is 146 Å². The van der Waals surface area contributed by atoms with Gasteiger partial charge in [0.2, 0.25) is 0 Å². The molecular formula is C20H20O5. The van der Waals surface area contributed by atoms with Crippen LogP contribution in [0.25, 0.3) is 6.08 Å². The van der Waals surface area contributed by atoms with Gasteiger partial charge in [-0.2, -0.15) is 0 Å². The van der Waals surface area contributed by atoms with Gasteiger partial charge in [0.15, 0.2) is 0 Å². The lowest BCUT2D eigenvalue weighted by atomic mass is 10.1. The zero-order valence-corrected chi connectivity index (χ0v) is 14.2. The second-order valence-electron chi connectivity index (χ2n) is 4.99. The number of carbonyl (C=O) groups is 2. The smallest absolute Gasteiger partial charge is 0.345 e. The molecule has 0 atom stereocenters. The lowest BCUT2D eigenvalue weighted by molar-refractivity contribution is -0.146. The zero-order valence-electron chi connectivity index (χ0n) is 14.2. The Morgan fingerprint density at radius 1 is 0.840 bits per heavy atom. The second kappa shape index (κ2) is 9.27. The fraction of sp³-hybridized carbons (Fsp3) is 0.200. The van der Waals surface area contributed by atoms with Gasteiger partial charge in [-0.1, -0.05) is 30.3 Å². The third-order valence-corrected chi connectivity index (χ3v) is 3.14. The minimum atomic E-state index is -0.713. The standard InChI is InChI=1S/C20H20O5/c1-3-23-19(21)18(20(22)24-4-2)14-15-9-8-12-17(13-15)25-16-10-6-5-7-11-16/h5-14H,3-4H2,1-2H3. The first-order valence-electron chi connectivity index (χ1n) is 8.03. The molecule has 0 aliphatic rings. The summed E-state index contributed by atoms with van der Waals surface area (Å²) < 4.78 is 15.6. The van der Waals surface area contributed by atoms with Gasteiger partial charge in [-0.05, 0) is 49.8 Å². The third-order valence-electron chi connectivity index (χ3n) is 3.14. The molecule has 0 radical (unpaired) electrons. The number of esters is 2. The summed E-state index contributed by atoms with van der Waals surface area (Å²) in [5, 5.41) is 0. The SMILES string of the molecule is CCOC(=O)C(=Cc1cccc(Oc2ccccc2)c1)C(=O)OCC. The Bertz CT molecular complexity index is 730. The molecule has 5 nitrogen and oxygen atoms in total. The van der Waals surface area contributed by atoms with Crippen LogP contribution in [0.2, 0.25) is 0 Å². The van der Waals surface area contributed by atoms with Crippen molar-refractivity contribution in [3.8, 4) is 11.5 Å². The maximum Gasteiger partial charge on any atom is 0.345 e. The van der Waals surface area contributed by atoms with Crippen LogP contribution in [0.15, 0.2) is 60.2 Å². The summed E-state index contributed by atoms with van der Waals surface area (Å²) in [6.07, 6.45) is 1.44. The van der Waals surface area contributed by atoms with Gasteiger partial charge in [0.05, 0.1) is 13.2 Å². The number of rotatable bonds is 7. The van der Waals surface area contributed by atoms with Gasteiger partial charge in [-0.15, -0.1) is 0 Å². The average Bonchev–Trinajstić information content (AvgIpc) is 2.61. The van der Waals surface area contributed by atoms with Crippen LogP contribution in [0.1, 0.15) is 19.4 Å². The van der Waals surface area contributed by atoms with Gasteiger partial charge in [0.25, 0.3) is 0 Å². The number of carbonyl (C=O) groups excluding carboxylic acids is 2. The summed E-state index contributed by atoms with van der Waals surface area (Å²) in [7, 11) is 0. The molecule has 0 saturated carbocycles. The predicted molar refractivity (Wildman–Crippen MR) is 94.2 cm³/mol. The molecule has 0 heterocycles. The van der Waals surface area contributed by atoms with Crippen LogP contribution in [0.4, 0.5) is 0 Å². The lowest BCUT2D eigenvalue weighted by Crippen LogP contribution is -2.18. The fourth-order valence-corrected chi connectivity index (χ4v) is 2.08. The van der Waals surface area contributed by atoms with Crippen molar-refractivity contribution in [3.63, 3.8) is 0 Å². The zero-order chi connectivity index (χ0) is 18.1. The van der Waals surface area contributed by atoms with Crippen molar-refractivity contribution in [1.29, 1.82) is 0 Å². The van der Waals surface area contributed by atoms with Gasteiger partial charge in [-0.3, -0.25) is 0 Å². The molecule has 0 aromatic heterocycles. The molecular weight excluding hydrogens is 320 g/mol. The highest BCUT2D eigenvalue weighted by Gasteiger charge is 2.21. The Morgan fingerprint density at radius 3 is 2.04 bits per heavy atom. The van der Waals surface area contributed by atoms with Gasteiger partial charge in [-0.25, -0.2) is 9.59 Å². The van der Waals surface area contributed by atoms with Gasteiger partial charge >= 0.3 is 11.9 Å². The maximum absolute atomic E-state index is 12.0. The average molecular weight is 340 g/mol. The highest BCUT2D eigenvalue weighted by atomic mass is 16.6. The normalized spacial score (nSPS) is 9.84. The minimum absolute atomic E-state index is 0.152. The summed E-state index contributed by atoms with van der Waals surface area (Å²) >= 11 is 0. The van der Waals surface area contributed by atoms with E-state index in [0.717, 1.165) is 0 Å². The van der Waals surface area contributed by atoms with E-state index in [1.165, 1.54) is 6.08 Å². The summed E-state index contributed by atoms with van der Waals surface area (Å²) in [6, 6.07) is 16.4. The van der Waals surface area contributed by atoms with Crippen molar-refractivity contribution in [2.45, 2.75) is 13.8 Å². The Kier molecular flexibility index (Phi) is 6.77. The molecule has 0 saturated heterocycles. The molecule has 130 valence electrons. The second-order valence-corrected chi connectivity index (χ2v) is 4.99. The molecule has 25 heavy (non-hydrogen) atoms. The maximum atomic E-state index is 12.0. The number of ether oxygens (including phenoxy) is 3. The number of hydrogen-bond donors (Lipinski definition) is 0. The van der Waals surface area contributed by atoms with Crippen molar-refractivity contribution < 1.29 is 23.8 Å². The lowest BCUT2D eigenvalue weighted by Gasteiger charge is -2.08. The van der Waals surface area contributed by atoms with E-state index in [1.54, 1.807) is 38.1 Å². The highest BCUT2D eigenvalue weighted by molar-refractivity contribution is 6.17. The summed E-state index contributed by atoms with van der Waals surface area (Å²) in [4.78, 5) is 24.0. The van der Waals surface area contributed by atoms with E-state index in [1.807, 2.05) is 30.3 Å². The van der Waals surface area contributed by atoms with Gasteiger partial charge < -0.3 is 14.2 Å². The Morgan fingerprint density at radius 2 is 1.44 bits per heavy atom. The van der Waals surface area contributed by atoms with Crippen molar-refractivity contribution in [3.05, 3.63) is 65.7 Å². The van der Waals surface area contributed by atoms with Crippen LogP contribution >= 0.6 is 0 Å². The summed E-state index contributed by atoms with van der Waals surface area (Å²) in [6.45, 7) is 3.70. The number of benzene rings is 2. The van der Waals surface area contributed by atoms with Crippen LogP contribution in [-0.4, -0.2) is 25.2 Å². The summed E-state index contributed by atoms with van der Waals surface area (Å²) in [5.41, 5.74) is 0.477. The Balaban J connectivity index is 2.27. The molecule has 0 N–H and O–H groups in total. The van der Waals surface area contributed by atoms with Crippen LogP contribution in [0.5, 0.6) is 11.5 Å². The number of para-hydroxylation sites is 1. The van der Waals surface area contributed by atoms with E-state index in [2.05, 4.69) is 0 Å². The predicted octanol–water partition coefficient (Wildman–Crippen LogP) is 3.99. The molecule has 0 spiro atoms. The van der Waals surface area contributed by atoms with E-state index >= 15 is 0 Å². The van der Waals surface area contributed by atoms with Gasteiger partial charge in [0, 0.05) is 0 Å². The monoisotopic (exact) mass is 340 g/mol. The molecule has 0 amide bonds. The minimum Gasteiger partial charge on any atom is -0.462 e. The molecule has 2 aromatic carbocycles. The van der Waals surface area contributed by atoms with Crippen molar-refractivity contribution >= 4 is 18.0 Å². The van der Waals surface area contributed by atoms with E-state index in [0.29, 0.717) is 17.1 Å². The molecule has 2 aromatic rings. The van der Waals surface area contributed by atoms with Crippen LogP contribution in [0, 0.1) is 0 Å². The highest BCUT2D eigenvalue weighted by Crippen LogP contribution is 2.23. The third kappa shape index (κ3) is 5.49. The summed E-state index contributed by atoms with van der Waals surface area (Å²) in [5.74, 6) is -0.141. The molecule has 5 heteroatoms. The van der Waals surface area contributed by atoms with Crippen molar-refractivity contribution in [2.75, 3.05) is 13.2 Å². The molecule has 0 fully saturated rings. The fourth-order valence-electron chi connectivity index (χ4n) is 2.08. The molecule has 0 aliphatic carbocycles. The van der Waals surface area contributed by atoms with Crippen LogP contribution in [0.3, 0.4) is 0 Å². The van der Waals surface area contributed by atoms with Crippen molar-refractivity contribution in [1.82, 2.24) is 0 Å². The first kappa shape index (κ1) is 18.3. The Hall–Kier alpha value is -3.08. The van der Waals surface area contributed by atoms with Crippen LogP contribution in [-0.2, 0) is 19.1 Å². The van der Waals surface area contributed by atoms with Gasteiger partial charge in [0.1, 0.15) is 17.1 Å². The largest absolute Gasteiger partial charge is 0.462 e. The topological polar surface area (TPSA) is 61.8 Å². The van der Waals surface area contributed by atoms with Crippen LogP contribution < -0.4 is 4.74 Å². The molecule has 0 bridgehead atoms. The van der Waals surface area contributed by atoms with E-state index in [4.69, 9.17) is 14.2 Å². The van der Waals surface area contributed by atoms with E-state index < -0.39 is 11.9 Å². The quantitative estimate of drug-likeness (QED) is 0.330. The first-order chi connectivity index (χ1) is 12.1. The molecule has 0 aliphatic heterocycles. The van der Waals surface area contributed by atoms with E-state index in [9.17, 15) is 9.59 Å². The number of hydrogen-bond acceptors (Lipinski definition) is 5. The van der Waals surface area contributed by atoms with E-state index in [-0.39, 0.29) is 18.8 Å².